The fraction of sp³-hybridized carbons (Fsp3) is 0.294. The number of hydrogen-bond acceptors (Lipinski definition) is 2. The maximum atomic E-state index is 2.86. The van der Waals surface area contributed by atoms with Crippen molar-refractivity contribution < 1.29 is 0 Å². The first-order valence-corrected chi connectivity index (χ1v) is 16.8. The lowest BCUT2D eigenvalue weighted by molar-refractivity contribution is -0.0358. The van der Waals surface area contributed by atoms with Crippen LogP contribution < -0.4 is 21.2 Å². The van der Waals surface area contributed by atoms with Gasteiger partial charge in [0.05, 0.1) is 0 Å². The summed E-state index contributed by atoms with van der Waals surface area (Å²) in [4.78, 5) is 5.72. The summed E-state index contributed by atoms with van der Waals surface area (Å²) in [6, 6.07) is 46.4. The van der Waals surface area contributed by atoms with Crippen LogP contribution in [0.4, 0.5) is 0 Å². The molecule has 2 bridgehead atoms. The van der Waals surface area contributed by atoms with Crippen molar-refractivity contribution in [1.82, 2.24) is 9.80 Å². The van der Waals surface area contributed by atoms with Gasteiger partial charge in [0.2, 0.25) is 0 Å². The van der Waals surface area contributed by atoms with Gasteiger partial charge in [-0.15, -0.1) is 0 Å². The van der Waals surface area contributed by atoms with Gasteiger partial charge >= 0.3 is 0 Å². The summed E-state index contributed by atoms with van der Waals surface area (Å²) in [5.41, 5.74) is 1.10. The zero-order valence-corrected chi connectivity index (χ0v) is 24.3. The van der Waals surface area contributed by atoms with E-state index in [1.165, 1.54) is 47.4 Å². The summed E-state index contributed by atoms with van der Waals surface area (Å²) >= 11 is 0. The molecule has 3 aliphatic heterocycles. The van der Waals surface area contributed by atoms with Crippen LogP contribution in [0.5, 0.6) is 0 Å². The fourth-order valence-electron chi connectivity index (χ4n) is 6.85. The molecule has 0 aromatic heterocycles. The molecule has 0 N–H and O–H groups in total. The molecule has 0 aliphatic carbocycles. The Bertz CT molecular complexity index is 1100. The number of piperazine rings is 3. The zero-order chi connectivity index (χ0) is 25.9. The maximum Gasteiger partial charge on any atom is 0.0329 e. The quantitative estimate of drug-likeness (QED) is 0.279. The Balaban J connectivity index is 1.42. The third-order valence-electron chi connectivity index (χ3n) is 8.48. The summed E-state index contributed by atoms with van der Waals surface area (Å²) in [7, 11) is -0.974. The summed E-state index contributed by atoms with van der Waals surface area (Å²) in [6.07, 6.45) is 0. The SMILES string of the molecule is C[C@H]([C@@H]1[C@@H]([C@@H](C)P(c2ccccc2)c2ccccc2)N2CCN1CC2)P(c1ccccc1)c1ccccc1. The van der Waals surface area contributed by atoms with Gasteiger partial charge in [-0.05, 0) is 37.1 Å². The van der Waals surface area contributed by atoms with Gasteiger partial charge in [0.1, 0.15) is 0 Å². The Labute approximate surface area is 231 Å². The molecule has 194 valence electrons. The molecule has 4 heteroatoms. The Morgan fingerprint density at radius 2 is 0.684 bits per heavy atom. The lowest BCUT2D eigenvalue weighted by atomic mass is 9.92. The molecule has 0 amide bonds. The van der Waals surface area contributed by atoms with Crippen molar-refractivity contribution in [2.24, 2.45) is 0 Å². The van der Waals surface area contributed by atoms with Gasteiger partial charge in [-0.1, -0.05) is 135 Å². The van der Waals surface area contributed by atoms with E-state index in [0.29, 0.717) is 23.4 Å². The van der Waals surface area contributed by atoms with Crippen molar-refractivity contribution in [3.63, 3.8) is 0 Å². The summed E-state index contributed by atoms with van der Waals surface area (Å²) in [5, 5.41) is 5.99. The van der Waals surface area contributed by atoms with E-state index in [1.54, 1.807) is 0 Å². The highest BCUT2D eigenvalue weighted by Crippen LogP contribution is 2.50. The van der Waals surface area contributed by atoms with Crippen molar-refractivity contribution in [1.29, 1.82) is 0 Å². The van der Waals surface area contributed by atoms with Crippen molar-refractivity contribution in [2.45, 2.75) is 37.2 Å². The lowest BCUT2D eigenvalue weighted by Gasteiger charge is -2.58. The van der Waals surface area contributed by atoms with Gasteiger partial charge in [0.25, 0.3) is 0 Å². The van der Waals surface area contributed by atoms with Crippen LogP contribution in [0.15, 0.2) is 121 Å². The van der Waals surface area contributed by atoms with Crippen molar-refractivity contribution >= 4 is 37.1 Å². The van der Waals surface area contributed by atoms with E-state index >= 15 is 0 Å². The smallest absolute Gasteiger partial charge is 0.0329 e. The van der Waals surface area contributed by atoms with Gasteiger partial charge in [-0.2, -0.15) is 0 Å². The maximum absolute atomic E-state index is 2.86. The van der Waals surface area contributed by atoms with Crippen LogP contribution >= 0.6 is 15.8 Å². The normalized spacial score (nSPS) is 24.4. The third kappa shape index (κ3) is 5.13. The highest BCUT2D eigenvalue weighted by molar-refractivity contribution is 7.74. The minimum Gasteiger partial charge on any atom is -0.296 e. The summed E-state index contributed by atoms with van der Waals surface area (Å²) < 4.78 is 0. The second-order valence-electron chi connectivity index (χ2n) is 10.6. The van der Waals surface area contributed by atoms with Crippen LogP contribution in [0, 0.1) is 0 Å². The molecular formula is C34H38N2P2. The van der Waals surface area contributed by atoms with Crippen LogP contribution in [0.3, 0.4) is 0 Å². The van der Waals surface area contributed by atoms with E-state index < -0.39 is 15.8 Å². The molecule has 0 unspecified atom stereocenters. The highest BCUT2D eigenvalue weighted by atomic mass is 31.1. The highest BCUT2D eigenvalue weighted by Gasteiger charge is 2.49. The number of rotatable bonds is 8. The van der Waals surface area contributed by atoms with Gasteiger partial charge < -0.3 is 0 Å². The van der Waals surface area contributed by atoms with Crippen LogP contribution in [-0.4, -0.2) is 59.4 Å². The second kappa shape index (κ2) is 11.8. The molecular weight excluding hydrogens is 498 g/mol. The van der Waals surface area contributed by atoms with Crippen molar-refractivity contribution in [2.75, 3.05) is 26.2 Å². The minimum atomic E-state index is -0.487. The number of fused-ring (bicyclic) bond motifs is 3. The van der Waals surface area contributed by atoms with Crippen molar-refractivity contribution in [3.8, 4) is 0 Å². The van der Waals surface area contributed by atoms with Crippen LogP contribution in [-0.2, 0) is 0 Å². The van der Waals surface area contributed by atoms with E-state index in [0.717, 1.165) is 0 Å². The van der Waals surface area contributed by atoms with E-state index in [2.05, 4.69) is 145 Å². The molecule has 3 fully saturated rings. The predicted molar refractivity (Wildman–Crippen MR) is 168 cm³/mol. The van der Waals surface area contributed by atoms with Crippen molar-refractivity contribution in [3.05, 3.63) is 121 Å². The van der Waals surface area contributed by atoms with Gasteiger partial charge in [-0.25, -0.2) is 0 Å². The van der Waals surface area contributed by atoms with Gasteiger partial charge in [-0.3, -0.25) is 9.80 Å². The molecule has 7 rings (SSSR count). The second-order valence-corrected chi connectivity index (χ2v) is 15.8. The lowest BCUT2D eigenvalue weighted by Crippen LogP contribution is -2.71. The van der Waals surface area contributed by atoms with E-state index in [1.807, 2.05) is 0 Å². The molecule has 3 saturated heterocycles. The Kier molecular flexibility index (Phi) is 8.05. The first kappa shape index (κ1) is 25.9. The topological polar surface area (TPSA) is 6.48 Å². The number of nitrogens with zero attached hydrogens (tertiary/aromatic N) is 2. The Morgan fingerprint density at radius 3 is 0.921 bits per heavy atom. The predicted octanol–water partition coefficient (Wildman–Crippen LogP) is 5.40. The zero-order valence-electron chi connectivity index (χ0n) is 22.5. The third-order valence-corrected chi connectivity index (χ3v) is 14.1. The molecule has 4 aromatic carbocycles. The average molecular weight is 537 g/mol. The largest absolute Gasteiger partial charge is 0.296 e. The molecule has 0 radical (unpaired) electrons. The summed E-state index contributed by atoms with van der Waals surface area (Å²) in [6.45, 7) is 9.90. The molecule has 0 saturated carbocycles. The van der Waals surface area contributed by atoms with Gasteiger partial charge in [0, 0.05) is 49.6 Å². The molecule has 2 nitrogen and oxygen atoms in total. The Morgan fingerprint density at radius 1 is 0.447 bits per heavy atom. The molecule has 38 heavy (non-hydrogen) atoms. The van der Waals surface area contributed by atoms with Crippen LogP contribution in [0.2, 0.25) is 0 Å². The Hall–Kier alpha value is -2.34. The van der Waals surface area contributed by atoms with Crippen LogP contribution in [0.25, 0.3) is 0 Å². The van der Waals surface area contributed by atoms with E-state index in [-0.39, 0.29) is 0 Å². The first-order valence-electron chi connectivity index (χ1n) is 14.0. The standard InChI is InChI=1S/C34H38N2P2/c1-27(37(29-15-7-3-8-16-29)30-17-9-4-10-18-30)33-34(36-25-23-35(33)24-26-36)28(2)38(31-19-11-5-12-20-31)32-21-13-6-14-22-32/h3-22,27-28,33-34H,23-26H2,1-2H3/t27-,28-,33-,34-/m1/s1. The first-order chi connectivity index (χ1) is 18.7. The van der Waals surface area contributed by atoms with Crippen LogP contribution in [0.1, 0.15) is 13.8 Å². The molecule has 3 heterocycles. The average Bonchev–Trinajstić information content (AvgIpc) is 2.99. The fourth-order valence-corrected chi connectivity index (χ4v) is 12.6. The molecule has 4 atom stereocenters. The molecule has 3 aliphatic rings. The van der Waals surface area contributed by atoms with Gasteiger partial charge in [0.15, 0.2) is 0 Å². The molecule has 0 spiro atoms. The van der Waals surface area contributed by atoms with E-state index in [9.17, 15) is 0 Å². The van der Waals surface area contributed by atoms with E-state index in [4.69, 9.17) is 0 Å². The summed E-state index contributed by atoms with van der Waals surface area (Å²) in [5.74, 6) is 0. The minimum absolute atomic E-state index is 0.487. The number of hydrogen-bond donors (Lipinski definition) is 0. The molecule has 4 aromatic rings. The number of benzene rings is 4. The monoisotopic (exact) mass is 536 g/mol.